The Hall–Kier alpha value is -3.56. The highest BCUT2D eigenvalue weighted by molar-refractivity contribution is 5.82. The Morgan fingerprint density at radius 3 is 2.00 bits per heavy atom. The van der Waals surface area contributed by atoms with Gasteiger partial charge in [-0.15, -0.1) is 0 Å². The highest BCUT2D eigenvalue weighted by Crippen LogP contribution is 2.45. The number of rotatable bonds is 8. The Kier molecular flexibility index (Phi) is 11.3. The number of esters is 1. The van der Waals surface area contributed by atoms with Crippen LogP contribution >= 0.6 is 0 Å². The van der Waals surface area contributed by atoms with Crippen LogP contribution in [0.4, 0.5) is 0 Å². The zero-order chi connectivity index (χ0) is 32.8. The molecule has 246 valence electrons. The van der Waals surface area contributed by atoms with Crippen molar-refractivity contribution in [2.24, 2.45) is 0 Å². The number of aryl methyl sites for hydroxylation is 3. The molecule has 0 aliphatic carbocycles. The second-order valence-corrected chi connectivity index (χ2v) is 13.1. The van der Waals surface area contributed by atoms with Crippen molar-refractivity contribution in [3.8, 4) is 0 Å². The van der Waals surface area contributed by atoms with Crippen LogP contribution in [0.5, 0.6) is 0 Å². The van der Waals surface area contributed by atoms with Gasteiger partial charge in [-0.2, -0.15) is 0 Å². The number of hydrogen-bond acceptors (Lipinski definition) is 7. The van der Waals surface area contributed by atoms with Crippen molar-refractivity contribution in [1.29, 1.82) is 0 Å². The van der Waals surface area contributed by atoms with Crippen LogP contribution in [0, 0.1) is 20.8 Å². The number of likely N-dealkylation sites (tertiary alicyclic amines) is 1. The van der Waals surface area contributed by atoms with Crippen LogP contribution in [0.1, 0.15) is 72.4 Å². The van der Waals surface area contributed by atoms with E-state index in [1.54, 1.807) is 0 Å². The fourth-order valence-corrected chi connectivity index (χ4v) is 6.44. The Morgan fingerprint density at radius 1 is 0.891 bits per heavy atom. The molecule has 0 saturated carbocycles. The van der Waals surface area contributed by atoms with Gasteiger partial charge in [0.2, 0.25) is 5.91 Å². The van der Waals surface area contributed by atoms with Crippen molar-refractivity contribution in [3.05, 3.63) is 106 Å². The van der Waals surface area contributed by atoms with E-state index in [4.69, 9.17) is 9.47 Å². The number of cyclic esters (lactones) is 1. The highest BCUT2D eigenvalue weighted by atomic mass is 16.6. The molecule has 3 aromatic carbocycles. The van der Waals surface area contributed by atoms with E-state index in [9.17, 15) is 14.7 Å². The first-order valence-corrected chi connectivity index (χ1v) is 16.6. The molecule has 8 heteroatoms. The zero-order valence-corrected chi connectivity index (χ0v) is 27.8. The molecule has 3 saturated heterocycles. The van der Waals surface area contributed by atoms with Crippen molar-refractivity contribution in [2.45, 2.75) is 90.4 Å². The topological polar surface area (TPSA) is 91.3 Å². The monoisotopic (exact) mass is 627 g/mol. The summed E-state index contributed by atoms with van der Waals surface area (Å²) >= 11 is 0. The van der Waals surface area contributed by atoms with E-state index in [1.165, 1.54) is 16.7 Å². The Bertz CT molecular complexity index is 1440. The summed E-state index contributed by atoms with van der Waals surface area (Å²) in [5.74, 6) is -0.0355. The van der Waals surface area contributed by atoms with Crippen LogP contribution in [0.3, 0.4) is 0 Å². The molecule has 3 fully saturated rings. The van der Waals surface area contributed by atoms with Gasteiger partial charge in [-0.1, -0.05) is 89.5 Å². The number of benzene rings is 3. The minimum absolute atomic E-state index is 0.0394. The van der Waals surface area contributed by atoms with E-state index in [-0.39, 0.29) is 48.9 Å². The third-order valence-electron chi connectivity index (χ3n) is 9.18. The van der Waals surface area contributed by atoms with E-state index in [0.717, 1.165) is 42.6 Å². The van der Waals surface area contributed by atoms with Gasteiger partial charge >= 0.3 is 5.97 Å². The SMILES string of the molecule is Cc1ccc(C2O[C@H](c3ccc(C)cc3)C3C(=O)OC[C@H](C)N23)cc1.Cc1ccc(C[C@H](NC(C)CO)C(=O)N2CCCC2)cc1. The van der Waals surface area contributed by atoms with Gasteiger partial charge in [-0.05, 0) is 70.6 Å². The number of carbonyl (C=O) groups is 2. The maximum atomic E-state index is 12.7. The van der Waals surface area contributed by atoms with Gasteiger partial charge in [0, 0.05) is 25.2 Å². The lowest BCUT2D eigenvalue weighted by atomic mass is 9.98. The molecule has 8 nitrogen and oxygen atoms in total. The van der Waals surface area contributed by atoms with Crippen LogP contribution in [-0.2, 0) is 25.5 Å². The first-order chi connectivity index (χ1) is 22.1. The van der Waals surface area contributed by atoms with Gasteiger partial charge in [-0.3, -0.25) is 14.5 Å². The summed E-state index contributed by atoms with van der Waals surface area (Å²) in [4.78, 5) is 29.3. The van der Waals surface area contributed by atoms with Crippen molar-refractivity contribution >= 4 is 11.9 Å². The van der Waals surface area contributed by atoms with E-state index in [2.05, 4.69) is 98.6 Å². The normalized spacial score (nSPS) is 24.0. The lowest BCUT2D eigenvalue weighted by Gasteiger charge is -2.37. The quantitative estimate of drug-likeness (QED) is 0.333. The van der Waals surface area contributed by atoms with Crippen LogP contribution in [-0.4, -0.2) is 77.3 Å². The number of nitrogens with zero attached hydrogens (tertiary/aromatic N) is 2. The van der Waals surface area contributed by atoms with E-state index in [1.807, 2.05) is 24.0 Å². The first kappa shape index (κ1) is 33.8. The Balaban J connectivity index is 0.000000184. The summed E-state index contributed by atoms with van der Waals surface area (Å²) in [6.45, 7) is 12.3. The van der Waals surface area contributed by atoms with Crippen LogP contribution in [0.25, 0.3) is 0 Å². The first-order valence-electron chi connectivity index (χ1n) is 16.6. The third-order valence-corrected chi connectivity index (χ3v) is 9.18. The molecular formula is C38H49N3O5. The maximum absolute atomic E-state index is 12.7. The van der Waals surface area contributed by atoms with Crippen molar-refractivity contribution in [1.82, 2.24) is 15.1 Å². The second kappa shape index (κ2) is 15.4. The molecule has 3 aliphatic rings. The smallest absolute Gasteiger partial charge is 0.326 e. The predicted molar refractivity (Wildman–Crippen MR) is 179 cm³/mol. The number of aliphatic hydroxyl groups excluding tert-OH is 1. The number of aliphatic hydroxyl groups is 1. The van der Waals surface area contributed by atoms with Crippen LogP contribution < -0.4 is 5.32 Å². The minimum Gasteiger partial charge on any atom is -0.463 e. The Labute approximate surface area is 273 Å². The van der Waals surface area contributed by atoms with Gasteiger partial charge in [0.05, 0.1) is 12.6 Å². The van der Waals surface area contributed by atoms with Crippen LogP contribution in [0.15, 0.2) is 72.8 Å². The summed E-state index contributed by atoms with van der Waals surface area (Å²) in [5.41, 5.74) is 6.86. The van der Waals surface area contributed by atoms with Gasteiger partial charge in [0.15, 0.2) is 0 Å². The molecule has 0 radical (unpaired) electrons. The number of fused-ring (bicyclic) bond motifs is 1. The molecule has 0 aromatic heterocycles. The number of carbonyl (C=O) groups excluding carboxylic acids is 2. The molecular weight excluding hydrogens is 578 g/mol. The fourth-order valence-electron chi connectivity index (χ4n) is 6.44. The zero-order valence-electron chi connectivity index (χ0n) is 27.8. The van der Waals surface area contributed by atoms with Gasteiger partial charge in [-0.25, -0.2) is 0 Å². The van der Waals surface area contributed by atoms with E-state index < -0.39 is 6.04 Å². The summed E-state index contributed by atoms with van der Waals surface area (Å²) < 4.78 is 11.8. The maximum Gasteiger partial charge on any atom is 0.326 e. The number of nitrogens with one attached hydrogen (secondary N) is 1. The minimum atomic E-state index is -0.405. The fraction of sp³-hybridized carbons (Fsp3) is 0.474. The standard InChI is InChI=1S/C21H23NO3.C17H26N2O2/c1-13-4-8-16(9-5-13)19-18-21(23)24-12-15(3)22(18)20(25-19)17-10-6-14(2)7-11-17;1-13-5-7-15(8-6-13)11-16(18-14(2)12-20)17(21)19-9-3-4-10-19/h4-11,15,18-20H,12H2,1-3H3;5-8,14,16,18,20H,3-4,9-12H2,1-2H3/t15-,18?,19+,20?;14?,16-/m00/s1. The molecule has 6 atom stereocenters. The van der Waals surface area contributed by atoms with Crippen molar-refractivity contribution in [3.63, 3.8) is 0 Å². The van der Waals surface area contributed by atoms with Gasteiger partial charge < -0.3 is 24.8 Å². The summed E-state index contributed by atoms with van der Waals surface area (Å²) in [6.07, 6.45) is 2.30. The molecule has 3 aromatic rings. The van der Waals surface area contributed by atoms with Crippen molar-refractivity contribution < 1.29 is 24.2 Å². The Morgan fingerprint density at radius 2 is 1.43 bits per heavy atom. The summed E-state index contributed by atoms with van der Waals surface area (Å²) in [7, 11) is 0. The number of hydrogen-bond donors (Lipinski definition) is 2. The van der Waals surface area contributed by atoms with Gasteiger partial charge in [0.25, 0.3) is 0 Å². The lowest BCUT2D eigenvalue weighted by molar-refractivity contribution is -0.161. The molecule has 6 rings (SSSR count). The molecule has 3 unspecified atom stereocenters. The molecule has 2 N–H and O–H groups in total. The molecule has 0 spiro atoms. The van der Waals surface area contributed by atoms with E-state index >= 15 is 0 Å². The molecule has 0 bridgehead atoms. The number of morpholine rings is 1. The molecule has 3 heterocycles. The van der Waals surface area contributed by atoms with E-state index in [0.29, 0.717) is 13.0 Å². The molecule has 1 amide bonds. The summed E-state index contributed by atoms with van der Waals surface area (Å²) in [6, 6.07) is 24.2. The molecule has 3 aliphatic heterocycles. The average molecular weight is 628 g/mol. The van der Waals surface area contributed by atoms with Crippen LogP contribution in [0.2, 0.25) is 0 Å². The largest absolute Gasteiger partial charge is 0.463 e. The highest BCUT2D eigenvalue weighted by Gasteiger charge is 2.52. The summed E-state index contributed by atoms with van der Waals surface area (Å²) in [5, 5.41) is 12.5. The lowest BCUT2D eigenvalue weighted by Crippen LogP contribution is -2.52. The average Bonchev–Trinajstić information content (AvgIpc) is 3.74. The third kappa shape index (κ3) is 8.04. The second-order valence-electron chi connectivity index (χ2n) is 13.1. The predicted octanol–water partition coefficient (Wildman–Crippen LogP) is 5.19. The van der Waals surface area contributed by atoms with Gasteiger partial charge in [0.1, 0.15) is 25.0 Å². The number of ether oxygens (including phenoxy) is 2. The number of amides is 1. The van der Waals surface area contributed by atoms with Crippen molar-refractivity contribution in [2.75, 3.05) is 26.3 Å². The molecule has 46 heavy (non-hydrogen) atoms.